The van der Waals surface area contributed by atoms with Crippen molar-refractivity contribution < 1.29 is 14.2 Å². The Bertz CT molecular complexity index is 1480. The molecule has 1 fully saturated rings. The highest BCUT2D eigenvalue weighted by atomic mass is 35.5. The Labute approximate surface area is 227 Å². The van der Waals surface area contributed by atoms with Gasteiger partial charge in [0.15, 0.2) is 0 Å². The molecule has 1 N–H and O–H groups in total. The van der Waals surface area contributed by atoms with Gasteiger partial charge >= 0.3 is 0 Å². The number of nitrogens with zero attached hydrogens (tertiary/aromatic N) is 4. The number of aliphatic hydroxyl groups is 1. The lowest BCUT2D eigenvalue weighted by Crippen LogP contribution is -2.34. The van der Waals surface area contributed by atoms with Crippen molar-refractivity contribution in [1.29, 1.82) is 0 Å². The minimum absolute atomic E-state index is 0.0522. The van der Waals surface area contributed by atoms with Gasteiger partial charge < -0.3 is 14.4 Å². The second kappa shape index (κ2) is 11.1. The first kappa shape index (κ1) is 26.2. The molecule has 0 unspecified atom stereocenters. The fourth-order valence-electron chi connectivity index (χ4n) is 5.01. The van der Waals surface area contributed by atoms with Gasteiger partial charge in [0.2, 0.25) is 0 Å². The number of ether oxygens (including phenoxy) is 1. The normalized spacial score (nSPS) is 14.7. The molecule has 3 heterocycles. The van der Waals surface area contributed by atoms with E-state index in [1.807, 2.05) is 50.4 Å². The van der Waals surface area contributed by atoms with Crippen LogP contribution in [0.1, 0.15) is 41.2 Å². The zero-order valence-electron chi connectivity index (χ0n) is 21.8. The summed E-state index contributed by atoms with van der Waals surface area (Å²) in [6, 6.07) is 14.4. The molecule has 0 aliphatic carbocycles. The largest absolute Gasteiger partial charge is 0.508 e. The molecular weight excluding hydrogens is 503 g/mol. The minimum Gasteiger partial charge on any atom is -0.508 e. The van der Waals surface area contributed by atoms with E-state index in [9.17, 15) is 9.50 Å². The SMILES string of the molecule is C=C(O)c1ccc2nc(CN3CCC(Cc4nc(COc5ccc(C)cc5Cl)ccc4F)CC3)n(C)c2c1. The smallest absolute Gasteiger partial charge is 0.144 e. The lowest BCUT2D eigenvalue weighted by molar-refractivity contribution is 0.171. The van der Waals surface area contributed by atoms with E-state index in [-0.39, 0.29) is 18.2 Å². The number of likely N-dealkylation sites (tertiary alicyclic amines) is 1. The molecule has 198 valence electrons. The van der Waals surface area contributed by atoms with Gasteiger partial charge in [-0.1, -0.05) is 24.2 Å². The number of halogens is 2. The molecular formula is C30H32ClFN4O2. The molecule has 4 aromatic rings. The van der Waals surface area contributed by atoms with E-state index < -0.39 is 0 Å². The molecule has 6 nitrogen and oxygen atoms in total. The number of aromatic nitrogens is 3. The molecule has 1 aliphatic heterocycles. The molecule has 8 heteroatoms. The van der Waals surface area contributed by atoms with Crippen molar-refractivity contribution in [3.05, 3.63) is 94.3 Å². The Kier molecular flexibility index (Phi) is 7.68. The maximum atomic E-state index is 14.6. The van der Waals surface area contributed by atoms with Crippen molar-refractivity contribution >= 4 is 28.4 Å². The summed E-state index contributed by atoms with van der Waals surface area (Å²) in [5, 5.41) is 10.3. The predicted molar refractivity (Wildman–Crippen MR) is 149 cm³/mol. The highest BCUT2D eigenvalue weighted by Crippen LogP contribution is 2.27. The number of piperidine rings is 1. The monoisotopic (exact) mass is 534 g/mol. The van der Waals surface area contributed by atoms with Crippen LogP contribution < -0.4 is 4.74 Å². The number of pyridine rings is 1. The molecule has 0 radical (unpaired) electrons. The second-order valence-corrected chi connectivity index (χ2v) is 10.5. The molecule has 2 aromatic carbocycles. The molecule has 0 bridgehead atoms. The third kappa shape index (κ3) is 5.84. The lowest BCUT2D eigenvalue weighted by Gasteiger charge is -2.31. The van der Waals surface area contributed by atoms with E-state index >= 15 is 0 Å². The van der Waals surface area contributed by atoms with Gasteiger partial charge in [0.05, 0.1) is 34.0 Å². The Balaban J connectivity index is 1.17. The fourth-order valence-corrected chi connectivity index (χ4v) is 5.30. The molecule has 0 spiro atoms. The van der Waals surface area contributed by atoms with Crippen LogP contribution in [-0.4, -0.2) is 37.6 Å². The Morgan fingerprint density at radius 3 is 2.66 bits per heavy atom. The highest BCUT2D eigenvalue weighted by molar-refractivity contribution is 6.32. The maximum absolute atomic E-state index is 14.6. The summed E-state index contributed by atoms with van der Waals surface area (Å²) in [4.78, 5) is 11.8. The number of benzene rings is 2. The number of rotatable bonds is 8. The molecule has 0 saturated carbocycles. The first-order valence-electron chi connectivity index (χ1n) is 12.9. The van der Waals surface area contributed by atoms with Crippen LogP contribution in [-0.2, 0) is 26.6 Å². The molecule has 5 rings (SSSR count). The lowest BCUT2D eigenvalue weighted by atomic mass is 9.91. The highest BCUT2D eigenvalue weighted by Gasteiger charge is 2.23. The first-order chi connectivity index (χ1) is 18.3. The van der Waals surface area contributed by atoms with E-state index in [1.165, 1.54) is 6.07 Å². The fraction of sp³-hybridized carbons (Fsp3) is 0.333. The van der Waals surface area contributed by atoms with Gasteiger partial charge in [-0.3, -0.25) is 9.88 Å². The third-order valence-electron chi connectivity index (χ3n) is 7.30. The maximum Gasteiger partial charge on any atom is 0.144 e. The number of fused-ring (bicyclic) bond motifs is 1. The molecule has 0 amide bonds. The second-order valence-electron chi connectivity index (χ2n) is 10.1. The van der Waals surface area contributed by atoms with Crippen LogP contribution in [0.3, 0.4) is 0 Å². The van der Waals surface area contributed by atoms with E-state index in [4.69, 9.17) is 21.3 Å². The van der Waals surface area contributed by atoms with Gasteiger partial charge in [0.1, 0.15) is 29.8 Å². The van der Waals surface area contributed by atoms with Crippen LogP contribution in [0, 0.1) is 18.7 Å². The van der Waals surface area contributed by atoms with Crippen molar-refractivity contribution in [3.8, 4) is 5.75 Å². The van der Waals surface area contributed by atoms with Gasteiger partial charge in [-0.2, -0.15) is 0 Å². The van der Waals surface area contributed by atoms with E-state index in [0.717, 1.165) is 54.9 Å². The number of hydrogen-bond acceptors (Lipinski definition) is 5. The molecule has 1 saturated heterocycles. The van der Waals surface area contributed by atoms with Gasteiger partial charge in [-0.15, -0.1) is 0 Å². The molecule has 1 aliphatic rings. The van der Waals surface area contributed by atoms with Crippen molar-refractivity contribution in [1.82, 2.24) is 19.4 Å². The van der Waals surface area contributed by atoms with Crippen LogP contribution in [0.5, 0.6) is 5.75 Å². The van der Waals surface area contributed by atoms with E-state index in [0.29, 0.717) is 40.1 Å². The van der Waals surface area contributed by atoms with Crippen molar-refractivity contribution in [2.75, 3.05) is 13.1 Å². The van der Waals surface area contributed by atoms with Crippen LogP contribution in [0.4, 0.5) is 4.39 Å². The van der Waals surface area contributed by atoms with Crippen LogP contribution >= 0.6 is 11.6 Å². The quantitative estimate of drug-likeness (QED) is 0.257. The number of imidazole rings is 1. The van der Waals surface area contributed by atoms with Crippen molar-refractivity contribution in [2.45, 2.75) is 39.3 Å². The zero-order chi connectivity index (χ0) is 26.8. The van der Waals surface area contributed by atoms with E-state index in [1.54, 1.807) is 6.07 Å². The number of aliphatic hydroxyl groups excluding tert-OH is 1. The Morgan fingerprint density at radius 1 is 1.13 bits per heavy atom. The van der Waals surface area contributed by atoms with Gasteiger partial charge in [0, 0.05) is 12.6 Å². The van der Waals surface area contributed by atoms with Gasteiger partial charge in [-0.25, -0.2) is 9.37 Å². The standard InChI is InChI=1S/C30H32ClFN4O2/c1-19-4-9-29(24(31)14-19)38-18-23-6-7-25(32)27(33-23)15-21-10-12-36(13-11-21)17-30-34-26-8-5-22(20(2)37)16-28(26)35(30)3/h4-9,14,16,21,37H,2,10-13,15,17-18H2,1,3H3. The van der Waals surface area contributed by atoms with Crippen molar-refractivity contribution in [2.24, 2.45) is 13.0 Å². The Morgan fingerprint density at radius 2 is 1.92 bits per heavy atom. The van der Waals surface area contributed by atoms with Crippen LogP contribution in [0.15, 0.2) is 55.1 Å². The van der Waals surface area contributed by atoms with Crippen molar-refractivity contribution in [3.63, 3.8) is 0 Å². The molecule has 2 aromatic heterocycles. The summed E-state index contributed by atoms with van der Waals surface area (Å²) in [5.41, 5.74) is 4.81. The molecule has 38 heavy (non-hydrogen) atoms. The van der Waals surface area contributed by atoms with E-state index in [2.05, 4.69) is 21.0 Å². The average molecular weight is 535 g/mol. The topological polar surface area (TPSA) is 63.4 Å². The first-order valence-corrected chi connectivity index (χ1v) is 13.2. The predicted octanol–water partition coefficient (Wildman–Crippen LogP) is 6.63. The van der Waals surface area contributed by atoms with Gasteiger partial charge in [0.25, 0.3) is 0 Å². The summed E-state index contributed by atoms with van der Waals surface area (Å²) < 4.78 is 22.5. The zero-order valence-corrected chi connectivity index (χ0v) is 22.5. The summed E-state index contributed by atoms with van der Waals surface area (Å²) in [6.45, 7) is 8.41. The van der Waals surface area contributed by atoms with Gasteiger partial charge in [-0.05, 0) is 93.2 Å². The summed E-state index contributed by atoms with van der Waals surface area (Å²) in [5.74, 6) is 1.73. The summed E-state index contributed by atoms with van der Waals surface area (Å²) in [6.07, 6.45) is 2.55. The Hall–Kier alpha value is -3.42. The van der Waals surface area contributed by atoms with Crippen LogP contribution in [0.25, 0.3) is 16.8 Å². The van der Waals surface area contributed by atoms with Crippen LogP contribution in [0.2, 0.25) is 5.02 Å². The third-order valence-corrected chi connectivity index (χ3v) is 7.60. The number of aryl methyl sites for hydroxylation is 2. The average Bonchev–Trinajstić information content (AvgIpc) is 3.20. The summed E-state index contributed by atoms with van der Waals surface area (Å²) >= 11 is 6.26. The molecule has 0 atom stereocenters. The minimum atomic E-state index is -0.269. The summed E-state index contributed by atoms with van der Waals surface area (Å²) in [7, 11) is 2.00. The number of hydrogen-bond donors (Lipinski definition) is 1.